The van der Waals surface area contributed by atoms with Crippen LogP contribution in [0.1, 0.15) is 16.8 Å². The zero-order valence-corrected chi connectivity index (χ0v) is 14.7. The van der Waals surface area contributed by atoms with Gasteiger partial charge in [0.2, 0.25) is 12.7 Å². The molecule has 5 rings (SSSR count). The van der Waals surface area contributed by atoms with Gasteiger partial charge in [0.25, 0.3) is 5.91 Å². The molecule has 0 N–H and O–H groups in total. The molecule has 0 radical (unpaired) electrons. The van der Waals surface area contributed by atoms with Crippen LogP contribution >= 0.6 is 0 Å². The predicted octanol–water partition coefficient (Wildman–Crippen LogP) is 1.81. The fraction of sp³-hybridized carbons (Fsp3) is 0.316. The summed E-state index contributed by atoms with van der Waals surface area (Å²) in [5.41, 5.74) is 1.45. The van der Waals surface area contributed by atoms with Crippen LogP contribution in [0.4, 0.5) is 5.95 Å². The highest BCUT2D eigenvalue weighted by Crippen LogP contribution is 2.33. The Bertz CT molecular complexity index is 1000. The second kappa shape index (κ2) is 6.46. The number of rotatable bonds is 2. The van der Waals surface area contributed by atoms with E-state index >= 15 is 0 Å². The Morgan fingerprint density at radius 2 is 1.89 bits per heavy atom. The number of anilines is 1. The number of carbonyl (C=O) groups is 1. The van der Waals surface area contributed by atoms with Gasteiger partial charge in [-0.2, -0.15) is 0 Å². The van der Waals surface area contributed by atoms with Crippen molar-refractivity contribution in [3.63, 3.8) is 0 Å². The number of aromatic nitrogens is 3. The summed E-state index contributed by atoms with van der Waals surface area (Å²) in [7, 11) is 0. The normalized spacial score (nSPS) is 16.6. The van der Waals surface area contributed by atoms with Crippen LogP contribution < -0.4 is 14.4 Å². The van der Waals surface area contributed by atoms with Crippen LogP contribution in [0.25, 0.3) is 5.65 Å². The first-order chi connectivity index (χ1) is 13.3. The summed E-state index contributed by atoms with van der Waals surface area (Å²) in [6.45, 7) is 3.10. The summed E-state index contributed by atoms with van der Waals surface area (Å²) in [4.78, 5) is 17.0. The molecule has 0 aliphatic carbocycles. The highest BCUT2D eigenvalue weighted by atomic mass is 16.7. The molecule has 2 aliphatic rings. The Hall–Kier alpha value is -3.29. The SMILES string of the molecule is O=C(c1ccc2c(c1)OCO2)N1CCCN(c2nnc3ccccn23)CC1. The summed E-state index contributed by atoms with van der Waals surface area (Å²) in [6, 6.07) is 11.2. The van der Waals surface area contributed by atoms with Gasteiger partial charge in [-0.1, -0.05) is 6.07 Å². The molecule has 0 bridgehead atoms. The van der Waals surface area contributed by atoms with Gasteiger partial charge in [0.15, 0.2) is 17.1 Å². The van der Waals surface area contributed by atoms with Gasteiger partial charge in [-0.15, -0.1) is 10.2 Å². The number of carbonyl (C=O) groups excluding carboxylic acids is 1. The average Bonchev–Trinajstić information content (AvgIpc) is 3.28. The molecule has 2 aliphatic heterocycles. The van der Waals surface area contributed by atoms with Gasteiger partial charge >= 0.3 is 0 Å². The maximum Gasteiger partial charge on any atom is 0.254 e. The monoisotopic (exact) mass is 365 g/mol. The quantitative estimate of drug-likeness (QED) is 0.690. The van der Waals surface area contributed by atoms with Crippen molar-refractivity contribution in [2.45, 2.75) is 6.42 Å². The highest BCUT2D eigenvalue weighted by molar-refractivity contribution is 5.95. The highest BCUT2D eigenvalue weighted by Gasteiger charge is 2.24. The Morgan fingerprint density at radius 1 is 0.963 bits per heavy atom. The number of nitrogens with zero attached hydrogens (tertiary/aromatic N) is 5. The third-order valence-corrected chi connectivity index (χ3v) is 4.98. The number of pyridine rings is 1. The van der Waals surface area contributed by atoms with E-state index in [0.29, 0.717) is 36.7 Å². The summed E-state index contributed by atoms with van der Waals surface area (Å²) in [6.07, 6.45) is 2.84. The molecule has 1 saturated heterocycles. The van der Waals surface area contributed by atoms with E-state index in [0.717, 1.165) is 24.6 Å². The maximum absolute atomic E-state index is 12.9. The van der Waals surface area contributed by atoms with Crippen LogP contribution in [0, 0.1) is 0 Å². The Morgan fingerprint density at radius 3 is 2.85 bits per heavy atom. The molecule has 8 nitrogen and oxygen atoms in total. The maximum atomic E-state index is 12.9. The van der Waals surface area contributed by atoms with Crippen molar-refractivity contribution < 1.29 is 14.3 Å². The summed E-state index contributed by atoms with van der Waals surface area (Å²) < 4.78 is 12.7. The molecule has 1 aromatic carbocycles. The molecule has 138 valence electrons. The van der Waals surface area contributed by atoms with Gasteiger partial charge < -0.3 is 19.3 Å². The van der Waals surface area contributed by atoms with E-state index in [1.807, 2.05) is 33.7 Å². The number of hydrogen-bond acceptors (Lipinski definition) is 6. The van der Waals surface area contributed by atoms with Crippen LogP contribution in [-0.2, 0) is 0 Å². The van der Waals surface area contributed by atoms with Crippen LogP contribution in [0.5, 0.6) is 11.5 Å². The zero-order valence-electron chi connectivity index (χ0n) is 14.7. The van der Waals surface area contributed by atoms with E-state index in [1.165, 1.54) is 0 Å². The van der Waals surface area contributed by atoms with Crippen molar-refractivity contribution in [2.24, 2.45) is 0 Å². The van der Waals surface area contributed by atoms with Crippen LogP contribution in [0.2, 0.25) is 0 Å². The van der Waals surface area contributed by atoms with Crippen molar-refractivity contribution in [1.82, 2.24) is 19.5 Å². The van der Waals surface area contributed by atoms with Crippen LogP contribution in [-0.4, -0.2) is 58.4 Å². The molecule has 27 heavy (non-hydrogen) atoms. The molecule has 4 heterocycles. The third-order valence-electron chi connectivity index (χ3n) is 4.98. The second-order valence-electron chi connectivity index (χ2n) is 6.63. The average molecular weight is 365 g/mol. The van der Waals surface area contributed by atoms with E-state index in [9.17, 15) is 4.79 Å². The summed E-state index contributed by atoms with van der Waals surface area (Å²) in [5.74, 6) is 2.16. The molecular weight excluding hydrogens is 346 g/mol. The molecule has 0 unspecified atom stereocenters. The molecular formula is C19H19N5O3. The van der Waals surface area contributed by atoms with Crippen molar-refractivity contribution >= 4 is 17.5 Å². The van der Waals surface area contributed by atoms with Crippen molar-refractivity contribution in [3.8, 4) is 11.5 Å². The standard InChI is InChI=1S/C19H19N5O3/c25-18(14-5-6-15-16(12-14)27-13-26-15)22-7-3-8-23(11-10-22)19-21-20-17-4-1-2-9-24(17)19/h1-2,4-6,9,12H,3,7-8,10-11,13H2. The topological polar surface area (TPSA) is 72.2 Å². The smallest absolute Gasteiger partial charge is 0.254 e. The van der Waals surface area contributed by atoms with Gasteiger partial charge in [0.1, 0.15) is 0 Å². The lowest BCUT2D eigenvalue weighted by Gasteiger charge is -2.22. The van der Waals surface area contributed by atoms with Gasteiger partial charge in [-0.3, -0.25) is 9.20 Å². The Labute approximate surface area is 155 Å². The van der Waals surface area contributed by atoms with Crippen LogP contribution in [0.15, 0.2) is 42.6 Å². The predicted molar refractivity (Wildman–Crippen MR) is 98.3 cm³/mol. The third kappa shape index (κ3) is 2.83. The molecule has 0 saturated carbocycles. The lowest BCUT2D eigenvalue weighted by Crippen LogP contribution is -2.35. The first-order valence-corrected chi connectivity index (χ1v) is 9.03. The molecule has 8 heteroatoms. The van der Waals surface area contributed by atoms with E-state index in [2.05, 4.69) is 15.1 Å². The van der Waals surface area contributed by atoms with Gasteiger partial charge in [0, 0.05) is 37.9 Å². The molecule has 0 atom stereocenters. The number of hydrogen-bond donors (Lipinski definition) is 0. The molecule has 2 aromatic heterocycles. The first kappa shape index (κ1) is 15.9. The largest absolute Gasteiger partial charge is 0.454 e. The summed E-state index contributed by atoms with van der Waals surface area (Å²) >= 11 is 0. The second-order valence-corrected chi connectivity index (χ2v) is 6.63. The Kier molecular flexibility index (Phi) is 3.81. The molecule has 0 spiro atoms. The number of ether oxygens (including phenoxy) is 2. The number of benzene rings is 1. The van der Waals surface area contributed by atoms with Crippen molar-refractivity contribution in [1.29, 1.82) is 0 Å². The van der Waals surface area contributed by atoms with Gasteiger partial charge in [-0.25, -0.2) is 0 Å². The fourth-order valence-electron chi connectivity index (χ4n) is 3.58. The molecule has 3 aromatic rings. The minimum Gasteiger partial charge on any atom is -0.454 e. The van der Waals surface area contributed by atoms with E-state index in [4.69, 9.17) is 9.47 Å². The minimum atomic E-state index is 0.0150. The molecule has 1 fully saturated rings. The van der Waals surface area contributed by atoms with Gasteiger partial charge in [0.05, 0.1) is 0 Å². The summed E-state index contributed by atoms with van der Waals surface area (Å²) in [5, 5.41) is 8.56. The lowest BCUT2D eigenvalue weighted by atomic mass is 10.1. The van der Waals surface area contributed by atoms with E-state index in [-0.39, 0.29) is 12.7 Å². The minimum absolute atomic E-state index is 0.0150. The van der Waals surface area contributed by atoms with Gasteiger partial charge in [-0.05, 0) is 36.8 Å². The van der Waals surface area contributed by atoms with Crippen molar-refractivity contribution in [3.05, 3.63) is 48.2 Å². The van der Waals surface area contributed by atoms with E-state index < -0.39 is 0 Å². The van der Waals surface area contributed by atoms with Crippen molar-refractivity contribution in [2.75, 3.05) is 37.9 Å². The Balaban J connectivity index is 1.33. The number of amides is 1. The number of fused-ring (bicyclic) bond motifs is 2. The van der Waals surface area contributed by atoms with E-state index in [1.54, 1.807) is 18.2 Å². The molecule has 1 amide bonds. The lowest BCUT2D eigenvalue weighted by molar-refractivity contribution is 0.0766. The fourth-order valence-corrected chi connectivity index (χ4v) is 3.58. The zero-order chi connectivity index (χ0) is 18.2. The first-order valence-electron chi connectivity index (χ1n) is 9.03. The van der Waals surface area contributed by atoms with Crippen LogP contribution in [0.3, 0.4) is 0 Å².